The molecular formula is C19H27NO. The molecule has 0 aromatic heterocycles. The number of fused-ring (bicyclic) bond motifs is 4. The Bertz CT molecular complexity index is 577. The zero-order valence-electron chi connectivity index (χ0n) is 13.5. The molecule has 1 saturated heterocycles. The third-order valence-electron chi connectivity index (χ3n) is 6.80. The summed E-state index contributed by atoms with van der Waals surface area (Å²) in [5, 5.41) is 9.89. The minimum atomic E-state index is 0.234. The van der Waals surface area contributed by atoms with E-state index in [1.807, 2.05) is 12.1 Å². The van der Waals surface area contributed by atoms with Crippen LogP contribution in [0, 0.1) is 11.3 Å². The summed E-state index contributed by atoms with van der Waals surface area (Å²) >= 11 is 0. The van der Waals surface area contributed by atoms with Gasteiger partial charge in [-0.2, -0.15) is 0 Å². The van der Waals surface area contributed by atoms with Crippen molar-refractivity contribution in [2.75, 3.05) is 13.1 Å². The Balaban J connectivity index is 1.70. The zero-order chi connectivity index (χ0) is 14.8. The highest BCUT2D eigenvalue weighted by atomic mass is 16.3. The van der Waals surface area contributed by atoms with Gasteiger partial charge in [-0.15, -0.1) is 0 Å². The van der Waals surface area contributed by atoms with Gasteiger partial charge in [0.25, 0.3) is 0 Å². The van der Waals surface area contributed by atoms with E-state index in [9.17, 15) is 5.11 Å². The van der Waals surface area contributed by atoms with E-state index in [1.54, 1.807) is 0 Å². The van der Waals surface area contributed by atoms with Crippen LogP contribution in [0.2, 0.25) is 0 Å². The SMILES string of the molecule is C[C@H]1[C@H]2Cc3ccc(O)cc3[C@]1(C)CCN2CC1(C)CC1. The van der Waals surface area contributed by atoms with Crippen molar-refractivity contribution in [1.82, 2.24) is 4.90 Å². The van der Waals surface area contributed by atoms with Gasteiger partial charge in [-0.05, 0) is 72.2 Å². The minimum absolute atomic E-state index is 0.234. The minimum Gasteiger partial charge on any atom is -0.508 e. The lowest BCUT2D eigenvalue weighted by atomic mass is 9.59. The Labute approximate surface area is 128 Å². The topological polar surface area (TPSA) is 23.5 Å². The molecule has 1 aliphatic heterocycles. The molecule has 1 aromatic carbocycles. The van der Waals surface area contributed by atoms with Crippen molar-refractivity contribution in [3.8, 4) is 5.75 Å². The maximum atomic E-state index is 9.89. The van der Waals surface area contributed by atoms with Gasteiger partial charge in [-0.25, -0.2) is 0 Å². The quantitative estimate of drug-likeness (QED) is 0.895. The maximum absolute atomic E-state index is 9.89. The van der Waals surface area contributed by atoms with E-state index < -0.39 is 0 Å². The molecule has 0 amide bonds. The van der Waals surface area contributed by atoms with Crippen LogP contribution in [-0.4, -0.2) is 29.1 Å². The Morgan fingerprint density at radius 1 is 1.24 bits per heavy atom. The summed E-state index contributed by atoms with van der Waals surface area (Å²) in [5.41, 5.74) is 3.70. The Morgan fingerprint density at radius 2 is 2.00 bits per heavy atom. The van der Waals surface area contributed by atoms with E-state index in [-0.39, 0.29) is 5.41 Å². The summed E-state index contributed by atoms with van der Waals surface area (Å²) in [4.78, 5) is 2.77. The Morgan fingerprint density at radius 3 is 2.71 bits per heavy atom. The van der Waals surface area contributed by atoms with Crippen LogP contribution in [0.1, 0.15) is 51.2 Å². The van der Waals surface area contributed by atoms with Gasteiger partial charge in [0.1, 0.15) is 5.75 Å². The molecule has 0 unspecified atom stereocenters. The zero-order valence-corrected chi connectivity index (χ0v) is 13.5. The van der Waals surface area contributed by atoms with Crippen LogP contribution in [0.25, 0.3) is 0 Å². The van der Waals surface area contributed by atoms with E-state index in [0.717, 1.165) is 6.42 Å². The number of phenols is 1. The molecule has 1 saturated carbocycles. The molecule has 114 valence electrons. The first-order valence-electron chi connectivity index (χ1n) is 8.48. The van der Waals surface area contributed by atoms with Crippen molar-refractivity contribution in [2.24, 2.45) is 11.3 Å². The number of hydrogen-bond acceptors (Lipinski definition) is 2. The van der Waals surface area contributed by atoms with Crippen LogP contribution in [0.5, 0.6) is 5.75 Å². The number of rotatable bonds is 2. The van der Waals surface area contributed by atoms with Crippen molar-refractivity contribution in [3.63, 3.8) is 0 Å². The highest BCUT2D eigenvalue weighted by molar-refractivity contribution is 5.44. The van der Waals surface area contributed by atoms with Crippen molar-refractivity contribution in [1.29, 1.82) is 0 Å². The molecule has 1 N–H and O–H groups in total. The average molecular weight is 285 g/mol. The second kappa shape index (κ2) is 4.25. The molecule has 2 nitrogen and oxygen atoms in total. The molecule has 21 heavy (non-hydrogen) atoms. The molecule has 4 rings (SSSR count). The Kier molecular flexibility index (Phi) is 2.76. The maximum Gasteiger partial charge on any atom is 0.115 e. The monoisotopic (exact) mass is 285 g/mol. The Hall–Kier alpha value is -1.02. The highest BCUT2D eigenvalue weighted by Crippen LogP contribution is 2.52. The molecule has 0 spiro atoms. The van der Waals surface area contributed by atoms with Crippen LogP contribution in [-0.2, 0) is 11.8 Å². The lowest BCUT2D eigenvalue weighted by molar-refractivity contribution is 0.0197. The third-order valence-corrected chi connectivity index (χ3v) is 6.80. The van der Waals surface area contributed by atoms with E-state index >= 15 is 0 Å². The van der Waals surface area contributed by atoms with E-state index in [2.05, 4.69) is 31.7 Å². The predicted molar refractivity (Wildman–Crippen MR) is 85.6 cm³/mol. The van der Waals surface area contributed by atoms with Crippen molar-refractivity contribution < 1.29 is 5.11 Å². The molecule has 2 fully saturated rings. The summed E-state index contributed by atoms with van der Waals surface area (Å²) in [6.07, 6.45) is 5.19. The first kappa shape index (κ1) is 13.6. The fraction of sp³-hybridized carbons (Fsp3) is 0.684. The van der Waals surface area contributed by atoms with Crippen LogP contribution in [0.3, 0.4) is 0 Å². The molecule has 1 aromatic rings. The lowest BCUT2D eigenvalue weighted by Gasteiger charge is -2.55. The number of piperidine rings is 1. The molecule has 2 aliphatic carbocycles. The van der Waals surface area contributed by atoms with E-state index in [0.29, 0.717) is 23.1 Å². The van der Waals surface area contributed by atoms with Gasteiger partial charge in [0.15, 0.2) is 0 Å². The smallest absolute Gasteiger partial charge is 0.115 e. The number of nitrogens with zero attached hydrogens (tertiary/aromatic N) is 1. The fourth-order valence-electron chi connectivity index (χ4n) is 4.75. The second-order valence-corrected chi connectivity index (χ2v) is 8.35. The number of aromatic hydroxyl groups is 1. The summed E-state index contributed by atoms with van der Waals surface area (Å²) in [7, 11) is 0. The van der Waals surface area contributed by atoms with Gasteiger partial charge in [-0.1, -0.05) is 26.8 Å². The van der Waals surface area contributed by atoms with Crippen LogP contribution in [0.4, 0.5) is 0 Å². The summed E-state index contributed by atoms with van der Waals surface area (Å²) in [6.45, 7) is 9.79. The third kappa shape index (κ3) is 2.03. The van der Waals surface area contributed by atoms with Crippen LogP contribution in [0.15, 0.2) is 18.2 Å². The molecule has 2 heteroatoms. The van der Waals surface area contributed by atoms with Crippen LogP contribution >= 0.6 is 0 Å². The summed E-state index contributed by atoms with van der Waals surface area (Å²) in [5.74, 6) is 1.09. The number of likely N-dealkylation sites (tertiary alicyclic amines) is 1. The standard InChI is InChI=1S/C19H27NO/c1-13-17-10-14-4-5-15(21)11-16(14)19(13,3)8-9-20(17)12-18(2)6-7-18/h4-5,11,13,17,21H,6-10,12H2,1-3H3/t13-,17+,19+/m0/s1. The average Bonchev–Trinajstić information content (AvgIpc) is 3.16. The van der Waals surface area contributed by atoms with Gasteiger partial charge < -0.3 is 5.11 Å². The second-order valence-electron chi connectivity index (χ2n) is 8.35. The van der Waals surface area contributed by atoms with E-state index in [1.165, 1.54) is 43.5 Å². The predicted octanol–water partition coefficient (Wildman–Crippen LogP) is 3.72. The molecule has 0 radical (unpaired) electrons. The number of hydrogen-bond donors (Lipinski definition) is 1. The van der Waals surface area contributed by atoms with Crippen molar-refractivity contribution in [2.45, 2.75) is 57.9 Å². The van der Waals surface area contributed by atoms with Crippen molar-refractivity contribution in [3.05, 3.63) is 29.3 Å². The van der Waals surface area contributed by atoms with Crippen LogP contribution < -0.4 is 0 Å². The molecule has 2 bridgehead atoms. The van der Waals surface area contributed by atoms with Gasteiger partial charge in [0, 0.05) is 12.6 Å². The largest absolute Gasteiger partial charge is 0.508 e. The summed E-state index contributed by atoms with van der Waals surface area (Å²) in [6, 6.07) is 6.73. The van der Waals surface area contributed by atoms with E-state index in [4.69, 9.17) is 0 Å². The molecule has 3 aliphatic rings. The van der Waals surface area contributed by atoms with Gasteiger partial charge in [0.05, 0.1) is 0 Å². The summed E-state index contributed by atoms with van der Waals surface area (Å²) < 4.78 is 0. The first-order chi connectivity index (χ1) is 9.91. The van der Waals surface area contributed by atoms with Gasteiger partial charge in [0.2, 0.25) is 0 Å². The molecule has 1 heterocycles. The number of benzene rings is 1. The van der Waals surface area contributed by atoms with Crippen molar-refractivity contribution >= 4 is 0 Å². The fourth-order valence-corrected chi connectivity index (χ4v) is 4.75. The van der Waals surface area contributed by atoms with Gasteiger partial charge in [-0.3, -0.25) is 4.90 Å². The number of phenolic OH excluding ortho intramolecular Hbond substituents is 1. The first-order valence-corrected chi connectivity index (χ1v) is 8.48. The lowest BCUT2D eigenvalue weighted by Crippen LogP contribution is -2.58. The molecular weight excluding hydrogens is 258 g/mol. The normalized spacial score (nSPS) is 37.1. The highest BCUT2D eigenvalue weighted by Gasteiger charge is 2.50. The molecule has 3 atom stereocenters. The van der Waals surface area contributed by atoms with Gasteiger partial charge >= 0.3 is 0 Å².